The van der Waals surface area contributed by atoms with Gasteiger partial charge in [0.05, 0.1) is 18.5 Å². The molecule has 0 aliphatic carbocycles. The monoisotopic (exact) mass is 236 g/mol. The molecule has 0 aliphatic heterocycles. The van der Waals surface area contributed by atoms with Crippen molar-refractivity contribution in [2.24, 2.45) is 7.05 Å². The maximum atomic E-state index is 9.05. The van der Waals surface area contributed by atoms with Crippen molar-refractivity contribution in [3.05, 3.63) is 30.0 Å². The Kier molecular flexibility index (Phi) is 3.21. The molecule has 0 radical (unpaired) electrons. The Balaban J connectivity index is 2.24. The Bertz CT molecular complexity index is 497. The molecule has 0 fully saturated rings. The highest BCUT2D eigenvalue weighted by molar-refractivity contribution is 7.99. The molecular weight excluding hydrogens is 224 g/mol. The van der Waals surface area contributed by atoms with Crippen molar-refractivity contribution in [3.63, 3.8) is 0 Å². The molecule has 0 aliphatic rings. The van der Waals surface area contributed by atoms with Crippen LogP contribution in [0.1, 0.15) is 11.4 Å². The van der Waals surface area contributed by atoms with Crippen molar-refractivity contribution in [1.29, 1.82) is 0 Å². The van der Waals surface area contributed by atoms with Gasteiger partial charge in [0, 0.05) is 12.7 Å². The van der Waals surface area contributed by atoms with Crippen LogP contribution in [0.25, 0.3) is 0 Å². The normalized spacial score (nSPS) is 10.7. The summed E-state index contributed by atoms with van der Waals surface area (Å²) in [7, 11) is 1.87. The van der Waals surface area contributed by atoms with Gasteiger partial charge in [-0.3, -0.25) is 0 Å². The molecule has 0 bridgehead atoms. The molecule has 2 rings (SSSR count). The lowest BCUT2D eigenvalue weighted by Crippen LogP contribution is -1.97. The van der Waals surface area contributed by atoms with Crippen LogP contribution < -0.4 is 0 Å². The number of aliphatic hydroxyl groups excluding tert-OH is 1. The molecule has 6 heteroatoms. The van der Waals surface area contributed by atoms with Gasteiger partial charge >= 0.3 is 0 Å². The standard InChI is InChI=1S/C10H12N4OS/c1-7-3-9(13-6-12-7)16-10-11-4-8(5-15)14(10)2/h3-4,6,15H,5H2,1-2H3. The van der Waals surface area contributed by atoms with Crippen molar-refractivity contribution in [2.75, 3.05) is 0 Å². The average molecular weight is 236 g/mol. The third-order valence-corrected chi connectivity index (χ3v) is 3.17. The minimum absolute atomic E-state index is 0.00708. The SMILES string of the molecule is Cc1cc(Sc2ncc(CO)n2C)ncn1. The van der Waals surface area contributed by atoms with Gasteiger partial charge in [0.1, 0.15) is 11.4 Å². The Morgan fingerprint density at radius 2 is 2.19 bits per heavy atom. The van der Waals surface area contributed by atoms with E-state index in [1.807, 2.05) is 24.6 Å². The van der Waals surface area contributed by atoms with E-state index in [9.17, 15) is 0 Å². The molecule has 0 aromatic carbocycles. The summed E-state index contributed by atoms with van der Waals surface area (Å²) in [6.07, 6.45) is 3.20. The van der Waals surface area contributed by atoms with Gasteiger partial charge in [-0.05, 0) is 24.8 Å². The van der Waals surface area contributed by atoms with Gasteiger partial charge in [-0.15, -0.1) is 0 Å². The van der Waals surface area contributed by atoms with Gasteiger partial charge in [-0.1, -0.05) is 0 Å². The lowest BCUT2D eigenvalue weighted by molar-refractivity contribution is 0.271. The van der Waals surface area contributed by atoms with Crippen LogP contribution in [-0.2, 0) is 13.7 Å². The van der Waals surface area contributed by atoms with Crippen LogP contribution in [0.5, 0.6) is 0 Å². The van der Waals surface area contributed by atoms with Crippen LogP contribution in [-0.4, -0.2) is 24.6 Å². The average Bonchev–Trinajstić information content (AvgIpc) is 2.60. The molecule has 0 amide bonds. The Labute approximate surface area is 97.6 Å². The largest absolute Gasteiger partial charge is 0.390 e. The fourth-order valence-electron chi connectivity index (χ4n) is 1.25. The van der Waals surface area contributed by atoms with Crippen molar-refractivity contribution in [2.45, 2.75) is 23.7 Å². The molecule has 5 nitrogen and oxygen atoms in total. The molecule has 2 aromatic rings. The first-order chi connectivity index (χ1) is 7.70. The maximum Gasteiger partial charge on any atom is 0.174 e. The zero-order chi connectivity index (χ0) is 11.5. The van der Waals surface area contributed by atoms with E-state index in [2.05, 4.69) is 15.0 Å². The summed E-state index contributed by atoms with van der Waals surface area (Å²) < 4.78 is 1.85. The molecule has 0 saturated heterocycles. The van der Waals surface area contributed by atoms with E-state index >= 15 is 0 Å². The van der Waals surface area contributed by atoms with Crippen molar-refractivity contribution in [3.8, 4) is 0 Å². The Morgan fingerprint density at radius 3 is 2.81 bits per heavy atom. The Morgan fingerprint density at radius 1 is 1.38 bits per heavy atom. The second kappa shape index (κ2) is 4.63. The number of aliphatic hydroxyl groups is 1. The van der Waals surface area contributed by atoms with E-state index < -0.39 is 0 Å². The topological polar surface area (TPSA) is 63.8 Å². The van der Waals surface area contributed by atoms with Gasteiger partial charge in [0.25, 0.3) is 0 Å². The van der Waals surface area contributed by atoms with Crippen molar-refractivity contribution >= 4 is 11.8 Å². The summed E-state index contributed by atoms with van der Waals surface area (Å²) in [5.74, 6) is 0. The number of aromatic nitrogens is 4. The quantitative estimate of drug-likeness (QED) is 0.810. The molecule has 2 aromatic heterocycles. The number of nitrogens with zero attached hydrogens (tertiary/aromatic N) is 4. The summed E-state index contributed by atoms with van der Waals surface area (Å²) in [6.45, 7) is 1.91. The van der Waals surface area contributed by atoms with Crippen LogP contribution in [0, 0.1) is 6.92 Å². The third kappa shape index (κ3) is 2.23. The van der Waals surface area contributed by atoms with E-state index in [1.54, 1.807) is 6.20 Å². The van der Waals surface area contributed by atoms with E-state index in [0.29, 0.717) is 0 Å². The second-order valence-corrected chi connectivity index (χ2v) is 4.34. The molecule has 1 N–H and O–H groups in total. The minimum atomic E-state index is -0.00708. The van der Waals surface area contributed by atoms with Gasteiger partial charge in [-0.25, -0.2) is 15.0 Å². The maximum absolute atomic E-state index is 9.05. The van der Waals surface area contributed by atoms with Crippen LogP contribution in [0.15, 0.2) is 28.8 Å². The van der Waals surface area contributed by atoms with E-state index in [1.165, 1.54) is 18.1 Å². The van der Waals surface area contributed by atoms with Gasteiger partial charge in [-0.2, -0.15) is 0 Å². The Hall–Kier alpha value is -1.40. The summed E-state index contributed by atoms with van der Waals surface area (Å²) in [5, 5.41) is 10.7. The first kappa shape index (κ1) is 11.1. The second-order valence-electron chi connectivity index (χ2n) is 3.35. The zero-order valence-corrected chi connectivity index (χ0v) is 9.90. The summed E-state index contributed by atoms with van der Waals surface area (Å²) in [4.78, 5) is 12.4. The highest BCUT2D eigenvalue weighted by Crippen LogP contribution is 2.24. The number of imidazole rings is 1. The molecule has 0 spiro atoms. The number of hydrogen-bond acceptors (Lipinski definition) is 5. The predicted octanol–water partition coefficient (Wildman–Crippen LogP) is 1.16. The van der Waals surface area contributed by atoms with E-state index in [-0.39, 0.29) is 6.61 Å². The van der Waals surface area contributed by atoms with E-state index in [0.717, 1.165) is 21.6 Å². The summed E-state index contributed by atoms with van der Waals surface area (Å²) >= 11 is 1.45. The molecule has 0 unspecified atom stereocenters. The minimum Gasteiger partial charge on any atom is -0.390 e. The smallest absolute Gasteiger partial charge is 0.174 e. The van der Waals surface area contributed by atoms with Gasteiger partial charge in [0.15, 0.2) is 5.16 Å². The highest BCUT2D eigenvalue weighted by Gasteiger charge is 2.08. The van der Waals surface area contributed by atoms with Crippen LogP contribution in [0.3, 0.4) is 0 Å². The predicted molar refractivity (Wildman–Crippen MR) is 60.0 cm³/mol. The first-order valence-electron chi connectivity index (χ1n) is 4.78. The van der Waals surface area contributed by atoms with E-state index in [4.69, 9.17) is 5.11 Å². The molecule has 16 heavy (non-hydrogen) atoms. The van der Waals surface area contributed by atoms with Crippen LogP contribution >= 0.6 is 11.8 Å². The van der Waals surface area contributed by atoms with Crippen LogP contribution in [0.2, 0.25) is 0 Å². The highest BCUT2D eigenvalue weighted by atomic mass is 32.2. The van der Waals surface area contributed by atoms with Gasteiger partial charge < -0.3 is 9.67 Å². The van der Waals surface area contributed by atoms with Crippen molar-refractivity contribution < 1.29 is 5.11 Å². The fourth-order valence-corrected chi connectivity index (χ4v) is 2.12. The van der Waals surface area contributed by atoms with Crippen LogP contribution in [0.4, 0.5) is 0 Å². The summed E-state index contributed by atoms with van der Waals surface area (Å²) in [5.41, 5.74) is 1.71. The lowest BCUT2D eigenvalue weighted by atomic mass is 10.5. The molecule has 84 valence electrons. The number of hydrogen-bond donors (Lipinski definition) is 1. The zero-order valence-electron chi connectivity index (χ0n) is 9.08. The first-order valence-corrected chi connectivity index (χ1v) is 5.60. The lowest BCUT2D eigenvalue weighted by Gasteiger charge is -2.03. The molecule has 0 saturated carbocycles. The van der Waals surface area contributed by atoms with Gasteiger partial charge in [0.2, 0.25) is 0 Å². The fraction of sp³-hybridized carbons (Fsp3) is 0.300. The number of rotatable bonds is 3. The molecule has 0 atom stereocenters. The molecule has 2 heterocycles. The summed E-state index contributed by atoms with van der Waals surface area (Å²) in [6, 6.07) is 1.90. The molecular formula is C10H12N4OS. The number of aryl methyl sites for hydroxylation is 1. The third-order valence-electron chi connectivity index (χ3n) is 2.18. The van der Waals surface area contributed by atoms with Crippen molar-refractivity contribution in [1.82, 2.24) is 19.5 Å².